The van der Waals surface area contributed by atoms with Gasteiger partial charge >= 0.3 is 0 Å². The quantitative estimate of drug-likeness (QED) is 0.859. The molecule has 1 aromatic carbocycles. The van der Waals surface area contributed by atoms with Crippen LogP contribution < -0.4 is 5.32 Å². The van der Waals surface area contributed by atoms with Gasteiger partial charge in [-0.3, -0.25) is 0 Å². The van der Waals surface area contributed by atoms with Crippen molar-refractivity contribution in [3.05, 3.63) is 56.2 Å². The molecule has 0 fully saturated rings. The molecule has 1 nitrogen and oxygen atoms in total. The van der Waals surface area contributed by atoms with Crippen molar-refractivity contribution in [3.8, 4) is 0 Å². The number of thiophene rings is 1. The van der Waals surface area contributed by atoms with Gasteiger partial charge < -0.3 is 5.32 Å². The van der Waals surface area contributed by atoms with Crippen LogP contribution in [0.1, 0.15) is 22.4 Å². The average molecular weight is 350 g/mol. The third-order valence-corrected chi connectivity index (χ3v) is 6.09. The summed E-state index contributed by atoms with van der Waals surface area (Å²) in [6.45, 7) is 0. The molecular weight excluding hydrogens is 330 g/mol. The first kappa shape index (κ1) is 14.3. The van der Waals surface area contributed by atoms with E-state index in [1.165, 1.54) is 28.6 Å². The minimum atomic E-state index is 0.578. The monoisotopic (exact) mass is 349 g/mol. The molecule has 0 saturated carbocycles. The number of hydrogen-bond acceptors (Lipinski definition) is 2. The van der Waals surface area contributed by atoms with Gasteiger partial charge in [-0.1, -0.05) is 24.3 Å². The third-order valence-electron chi connectivity index (χ3n) is 4.37. The van der Waals surface area contributed by atoms with Crippen molar-refractivity contribution >= 4 is 27.3 Å². The minimum absolute atomic E-state index is 0.578. The second-order valence-corrected chi connectivity index (χ2v) is 7.51. The molecule has 0 saturated heterocycles. The van der Waals surface area contributed by atoms with Gasteiger partial charge in [0.1, 0.15) is 0 Å². The van der Waals surface area contributed by atoms with E-state index in [1.807, 2.05) is 11.3 Å². The molecule has 2 aromatic rings. The van der Waals surface area contributed by atoms with E-state index >= 15 is 0 Å². The molecule has 2 unspecified atom stereocenters. The number of nitrogens with one attached hydrogen (secondary N) is 1. The molecule has 0 radical (unpaired) electrons. The van der Waals surface area contributed by atoms with Crippen LogP contribution in [0, 0.1) is 5.92 Å². The van der Waals surface area contributed by atoms with Crippen LogP contribution in [0.3, 0.4) is 0 Å². The van der Waals surface area contributed by atoms with Crippen LogP contribution in [0.4, 0.5) is 0 Å². The molecule has 1 aromatic heterocycles. The molecule has 0 amide bonds. The van der Waals surface area contributed by atoms with Crippen LogP contribution in [0.2, 0.25) is 0 Å². The standard InChI is InChI=1S/C17H20BrNS/c1-19-17(10-16-9-15(18)11-20-16)14-7-6-12-4-2-3-5-13(12)8-14/h2-5,9,11,14,17,19H,6-8,10H2,1H3. The topological polar surface area (TPSA) is 12.0 Å². The second-order valence-electron chi connectivity index (χ2n) is 5.60. The van der Waals surface area contributed by atoms with Gasteiger partial charge in [-0.2, -0.15) is 0 Å². The second kappa shape index (κ2) is 6.42. The van der Waals surface area contributed by atoms with Crippen LogP contribution in [0.5, 0.6) is 0 Å². The molecule has 20 heavy (non-hydrogen) atoms. The predicted octanol–water partition coefficient (Wildman–Crippen LogP) is 4.45. The molecule has 1 aliphatic rings. The first-order valence-corrected chi connectivity index (χ1v) is 8.90. The van der Waals surface area contributed by atoms with Crippen LogP contribution in [0.25, 0.3) is 0 Å². The van der Waals surface area contributed by atoms with Crippen molar-refractivity contribution in [1.82, 2.24) is 5.32 Å². The lowest BCUT2D eigenvalue weighted by Crippen LogP contribution is -2.38. The predicted molar refractivity (Wildman–Crippen MR) is 90.5 cm³/mol. The number of benzene rings is 1. The smallest absolute Gasteiger partial charge is 0.0285 e. The summed E-state index contributed by atoms with van der Waals surface area (Å²) in [5, 5.41) is 5.73. The highest BCUT2D eigenvalue weighted by atomic mass is 79.9. The first-order valence-electron chi connectivity index (χ1n) is 7.23. The van der Waals surface area contributed by atoms with Gasteiger partial charge in [0.25, 0.3) is 0 Å². The highest BCUT2D eigenvalue weighted by Crippen LogP contribution is 2.30. The third kappa shape index (κ3) is 3.16. The zero-order chi connectivity index (χ0) is 13.9. The number of rotatable bonds is 4. The number of hydrogen-bond donors (Lipinski definition) is 1. The fourth-order valence-corrected chi connectivity index (χ4v) is 4.76. The summed E-state index contributed by atoms with van der Waals surface area (Å²) in [5.74, 6) is 0.746. The lowest BCUT2D eigenvalue weighted by molar-refractivity contribution is 0.334. The Bertz CT molecular complexity index is 578. The van der Waals surface area contributed by atoms with E-state index in [2.05, 4.69) is 64.0 Å². The molecule has 1 heterocycles. The van der Waals surface area contributed by atoms with Crippen molar-refractivity contribution in [2.75, 3.05) is 7.05 Å². The summed E-state index contributed by atoms with van der Waals surface area (Å²) in [5.41, 5.74) is 3.11. The molecule has 1 N–H and O–H groups in total. The Hall–Kier alpha value is -0.640. The fourth-order valence-electron chi connectivity index (χ4n) is 3.25. The number of fused-ring (bicyclic) bond motifs is 1. The number of halogens is 1. The Morgan fingerprint density at radius 1 is 1.35 bits per heavy atom. The summed E-state index contributed by atoms with van der Waals surface area (Å²) in [6, 6.07) is 11.8. The number of likely N-dealkylation sites (N-methyl/N-ethyl adjacent to an activating group) is 1. The molecular formula is C17H20BrNS. The van der Waals surface area contributed by atoms with Gasteiger partial charge in [-0.05, 0) is 71.8 Å². The summed E-state index contributed by atoms with van der Waals surface area (Å²) < 4.78 is 1.21. The van der Waals surface area contributed by atoms with E-state index in [0.29, 0.717) is 6.04 Å². The van der Waals surface area contributed by atoms with Gasteiger partial charge in [-0.15, -0.1) is 11.3 Å². The van der Waals surface area contributed by atoms with Crippen molar-refractivity contribution in [1.29, 1.82) is 0 Å². The van der Waals surface area contributed by atoms with E-state index in [-0.39, 0.29) is 0 Å². The van der Waals surface area contributed by atoms with Crippen molar-refractivity contribution in [3.63, 3.8) is 0 Å². The van der Waals surface area contributed by atoms with Gasteiger partial charge in [0, 0.05) is 20.8 Å². The Balaban J connectivity index is 1.71. The van der Waals surface area contributed by atoms with Gasteiger partial charge in [-0.25, -0.2) is 0 Å². The van der Waals surface area contributed by atoms with Crippen LogP contribution in [-0.2, 0) is 19.3 Å². The Labute approximate surface area is 133 Å². The van der Waals surface area contributed by atoms with Crippen molar-refractivity contribution in [2.45, 2.75) is 31.7 Å². The molecule has 3 heteroatoms. The summed E-state index contributed by atoms with van der Waals surface area (Å²) >= 11 is 5.41. The van der Waals surface area contributed by atoms with Crippen LogP contribution >= 0.6 is 27.3 Å². The van der Waals surface area contributed by atoms with E-state index in [9.17, 15) is 0 Å². The van der Waals surface area contributed by atoms with E-state index in [0.717, 1.165) is 12.3 Å². The molecule has 0 spiro atoms. The zero-order valence-corrected chi connectivity index (χ0v) is 14.1. The largest absolute Gasteiger partial charge is 0.316 e. The van der Waals surface area contributed by atoms with Crippen molar-refractivity contribution < 1.29 is 0 Å². The first-order chi connectivity index (χ1) is 9.76. The fraction of sp³-hybridized carbons (Fsp3) is 0.412. The summed E-state index contributed by atoms with van der Waals surface area (Å²) in [7, 11) is 2.10. The van der Waals surface area contributed by atoms with Crippen LogP contribution in [-0.4, -0.2) is 13.1 Å². The molecule has 3 rings (SSSR count). The van der Waals surface area contributed by atoms with Crippen LogP contribution in [0.15, 0.2) is 40.2 Å². The molecule has 0 bridgehead atoms. The Morgan fingerprint density at radius 2 is 2.15 bits per heavy atom. The Morgan fingerprint density at radius 3 is 2.85 bits per heavy atom. The van der Waals surface area contributed by atoms with Crippen molar-refractivity contribution in [2.24, 2.45) is 5.92 Å². The van der Waals surface area contributed by atoms with Gasteiger partial charge in [0.2, 0.25) is 0 Å². The lowest BCUT2D eigenvalue weighted by atomic mass is 9.79. The maximum absolute atomic E-state index is 3.55. The Kier molecular flexibility index (Phi) is 4.59. The number of aryl methyl sites for hydroxylation is 1. The highest BCUT2D eigenvalue weighted by molar-refractivity contribution is 9.10. The normalized spacial score (nSPS) is 19.6. The molecule has 0 aliphatic heterocycles. The molecule has 2 atom stereocenters. The molecule has 1 aliphatic carbocycles. The van der Waals surface area contributed by atoms with Gasteiger partial charge in [0.15, 0.2) is 0 Å². The average Bonchev–Trinajstić information content (AvgIpc) is 2.89. The summed E-state index contributed by atoms with van der Waals surface area (Å²) in [4.78, 5) is 1.47. The maximum atomic E-state index is 3.55. The SMILES string of the molecule is CNC(Cc1cc(Br)cs1)C1CCc2ccccc2C1. The maximum Gasteiger partial charge on any atom is 0.0285 e. The van der Waals surface area contributed by atoms with E-state index < -0.39 is 0 Å². The molecule has 106 valence electrons. The summed E-state index contributed by atoms with van der Waals surface area (Å²) in [6.07, 6.45) is 4.88. The zero-order valence-electron chi connectivity index (χ0n) is 11.7. The van der Waals surface area contributed by atoms with E-state index in [1.54, 1.807) is 11.1 Å². The highest BCUT2D eigenvalue weighted by Gasteiger charge is 2.25. The lowest BCUT2D eigenvalue weighted by Gasteiger charge is -2.31. The van der Waals surface area contributed by atoms with E-state index in [4.69, 9.17) is 0 Å². The minimum Gasteiger partial charge on any atom is -0.316 e. The van der Waals surface area contributed by atoms with Gasteiger partial charge in [0.05, 0.1) is 0 Å².